The Bertz CT molecular complexity index is 1180. The van der Waals surface area contributed by atoms with Gasteiger partial charge in [-0.15, -0.1) is 0 Å². The molecule has 0 amide bonds. The van der Waals surface area contributed by atoms with E-state index >= 15 is 0 Å². The summed E-state index contributed by atoms with van der Waals surface area (Å²) in [5, 5.41) is 0. The normalized spacial score (nSPS) is 11.5. The first kappa shape index (κ1) is 14.9. The van der Waals surface area contributed by atoms with Crippen molar-refractivity contribution in [2.45, 2.75) is 13.8 Å². The Morgan fingerprint density at radius 1 is 0.615 bits per heavy atom. The van der Waals surface area contributed by atoms with Crippen LogP contribution >= 0.6 is 0 Å². The topological polar surface area (TPSA) is 52.1 Å². The minimum Gasteiger partial charge on any atom is -0.441 e. The molecule has 4 heteroatoms. The molecule has 126 valence electrons. The van der Waals surface area contributed by atoms with Crippen LogP contribution in [0.15, 0.2) is 69.5 Å². The summed E-state index contributed by atoms with van der Waals surface area (Å²) in [5.74, 6) is 1.24. The lowest BCUT2D eigenvalue weighted by atomic mass is 10.0. The first-order valence-electron chi connectivity index (χ1n) is 8.51. The maximum absolute atomic E-state index is 5.93. The summed E-state index contributed by atoms with van der Waals surface area (Å²) in [4.78, 5) is 8.96. The number of aromatic nitrogens is 2. The molecule has 0 atom stereocenters. The molecule has 0 aliphatic rings. The van der Waals surface area contributed by atoms with E-state index in [1.54, 1.807) is 0 Å². The molecule has 5 rings (SSSR count). The highest BCUT2D eigenvalue weighted by atomic mass is 16.4. The minimum atomic E-state index is 0.597. The van der Waals surface area contributed by atoms with Crippen LogP contribution in [0.1, 0.15) is 11.5 Å². The highest BCUT2D eigenvalue weighted by molar-refractivity contribution is 5.90. The van der Waals surface area contributed by atoms with Crippen molar-refractivity contribution in [2.75, 3.05) is 0 Å². The van der Waals surface area contributed by atoms with E-state index in [2.05, 4.69) is 53.3 Å². The summed E-state index contributed by atoms with van der Waals surface area (Å²) in [7, 11) is 0. The van der Waals surface area contributed by atoms with E-state index < -0.39 is 0 Å². The van der Waals surface area contributed by atoms with E-state index in [1.807, 2.05) is 31.2 Å². The van der Waals surface area contributed by atoms with Crippen molar-refractivity contribution in [1.82, 2.24) is 9.97 Å². The van der Waals surface area contributed by atoms with Crippen LogP contribution in [-0.2, 0) is 0 Å². The molecule has 0 fully saturated rings. The molecular weight excluding hydrogens is 324 g/mol. The van der Waals surface area contributed by atoms with Crippen LogP contribution in [0.5, 0.6) is 0 Å². The number of hydrogen-bond acceptors (Lipinski definition) is 4. The van der Waals surface area contributed by atoms with Gasteiger partial charge in [0, 0.05) is 18.6 Å². The molecule has 0 saturated carbocycles. The summed E-state index contributed by atoms with van der Waals surface area (Å²) in [6, 6.07) is 20.5. The first-order valence-corrected chi connectivity index (χ1v) is 8.51. The van der Waals surface area contributed by atoms with Gasteiger partial charge in [0.2, 0.25) is 5.89 Å². The van der Waals surface area contributed by atoms with Crippen molar-refractivity contribution in [3.8, 4) is 22.6 Å². The van der Waals surface area contributed by atoms with Crippen molar-refractivity contribution in [3.05, 3.63) is 72.1 Å². The number of benzene rings is 3. The van der Waals surface area contributed by atoms with E-state index in [0.717, 1.165) is 16.6 Å². The second-order valence-electron chi connectivity index (χ2n) is 6.48. The van der Waals surface area contributed by atoms with Crippen molar-refractivity contribution in [1.29, 1.82) is 0 Å². The number of aryl methyl sites for hydroxylation is 2. The summed E-state index contributed by atoms with van der Waals surface area (Å²) in [6.07, 6.45) is 0. The van der Waals surface area contributed by atoms with E-state index in [1.165, 1.54) is 16.7 Å². The largest absolute Gasteiger partial charge is 0.441 e. The maximum Gasteiger partial charge on any atom is 0.227 e. The van der Waals surface area contributed by atoms with Gasteiger partial charge in [-0.05, 0) is 36.2 Å². The molecule has 0 radical (unpaired) electrons. The van der Waals surface area contributed by atoms with Gasteiger partial charge in [0.25, 0.3) is 0 Å². The summed E-state index contributed by atoms with van der Waals surface area (Å²) in [6.45, 7) is 3.92. The van der Waals surface area contributed by atoms with E-state index in [4.69, 9.17) is 8.83 Å². The first-order chi connectivity index (χ1) is 12.7. The second kappa shape index (κ2) is 5.56. The monoisotopic (exact) mass is 340 g/mol. The average Bonchev–Trinajstić information content (AvgIpc) is 3.21. The molecule has 3 aromatic carbocycles. The predicted octanol–water partition coefficient (Wildman–Crippen LogP) is 5.92. The smallest absolute Gasteiger partial charge is 0.227 e. The zero-order valence-electron chi connectivity index (χ0n) is 14.5. The zero-order valence-corrected chi connectivity index (χ0v) is 14.5. The molecular formula is C22H16N2O2. The van der Waals surface area contributed by atoms with E-state index in [-0.39, 0.29) is 0 Å². The van der Waals surface area contributed by atoms with E-state index in [0.29, 0.717) is 22.9 Å². The van der Waals surface area contributed by atoms with Crippen LogP contribution in [-0.4, -0.2) is 9.97 Å². The van der Waals surface area contributed by atoms with Crippen LogP contribution in [0.2, 0.25) is 0 Å². The van der Waals surface area contributed by atoms with Gasteiger partial charge in [0.05, 0.1) is 0 Å². The van der Waals surface area contributed by atoms with Crippen LogP contribution < -0.4 is 0 Å². The van der Waals surface area contributed by atoms with Crippen LogP contribution in [0.25, 0.3) is 44.8 Å². The Labute approximate surface area is 150 Å². The fourth-order valence-electron chi connectivity index (χ4n) is 3.14. The molecule has 0 bridgehead atoms. The minimum absolute atomic E-state index is 0.597. The lowest BCUT2D eigenvalue weighted by Gasteiger charge is -2.03. The standard InChI is InChI=1S/C22H16N2O2/c1-13-3-5-15(6-4-13)16-7-9-17(10-8-16)22-24-19-11-18-20(12-21(19)26-22)25-14(2)23-18/h3-12H,1-2H3. The lowest BCUT2D eigenvalue weighted by molar-refractivity contribution is 0.560. The third-order valence-electron chi connectivity index (χ3n) is 4.52. The van der Waals surface area contributed by atoms with Crippen molar-refractivity contribution >= 4 is 22.2 Å². The quantitative estimate of drug-likeness (QED) is 0.400. The average molecular weight is 340 g/mol. The van der Waals surface area contributed by atoms with Gasteiger partial charge in [-0.2, -0.15) is 0 Å². The number of oxazole rings is 2. The van der Waals surface area contributed by atoms with Crippen LogP contribution in [0.3, 0.4) is 0 Å². The molecule has 0 spiro atoms. The highest BCUT2D eigenvalue weighted by Crippen LogP contribution is 2.29. The summed E-state index contributed by atoms with van der Waals surface area (Å²) in [5.41, 5.74) is 7.56. The summed E-state index contributed by atoms with van der Waals surface area (Å²) >= 11 is 0. The molecule has 4 nitrogen and oxygen atoms in total. The van der Waals surface area contributed by atoms with Gasteiger partial charge in [-0.3, -0.25) is 0 Å². The molecule has 0 aliphatic heterocycles. The number of hydrogen-bond donors (Lipinski definition) is 0. The van der Waals surface area contributed by atoms with Gasteiger partial charge in [0.15, 0.2) is 17.1 Å². The number of rotatable bonds is 2. The third kappa shape index (κ3) is 2.47. The Morgan fingerprint density at radius 2 is 1.19 bits per heavy atom. The van der Waals surface area contributed by atoms with Crippen LogP contribution in [0.4, 0.5) is 0 Å². The van der Waals surface area contributed by atoms with Gasteiger partial charge >= 0.3 is 0 Å². The molecule has 0 unspecified atom stereocenters. The third-order valence-corrected chi connectivity index (χ3v) is 4.52. The molecule has 0 saturated heterocycles. The Kier molecular flexibility index (Phi) is 3.19. The second-order valence-corrected chi connectivity index (χ2v) is 6.48. The summed E-state index contributed by atoms with van der Waals surface area (Å²) < 4.78 is 11.5. The molecule has 2 heterocycles. The van der Waals surface area contributed by atoms with Crippen molar-refractivity contribution in [2.24, 2.45) is 0 Å². The fourth-order valence-corrected chi connectivity index (χ4v) is 3.14. The van der Waals surface area contributed by atoms with Crippen LogP contribution in [0, 0.1) is 13.8 Å². The molecule has 0 aliphatic carbocycles. The van der Waals surface area contributed by atoms with Gasteiger partial charge in [-0.1, -0.05) is 42.0 Å². The highest BCUT2D eigenvalue weighted by Gasteiger charge is 2.12. The predicted molar refractivity (Wildman–Crippen MR) is 102 cm³/mol. The Hall–Kier alpha value is -3.40. The SMILES string of the molecule is Cc1ccc(-c2ccc(-c3nc4cc5nc(C)oc5cc4o3)cc2)cc1. The van der Waals surface area contributed by atoms with Crippen molar-refractivity contribution < 1.29 is 8.83 Å². The van der Waals surface area contributed by atoms with E-state index in [9.17, 15) is 0 Å². The zero-order chi connectivity index (χ0) is 17.7. The maximum atomic E-state index is 5.93. The molecule has 0 N–H and O–H groups in total. The fraction of sp³-hybridized carbons (Fsp3) is 0.0909. The molecule has 5 aromatic rings. The Balaban J connectivity index is 1.53. The molecule has 26 heavy (non-hydrogen) atoms. The van der Waals surface area contributed by atoms with Gasteiger partial charge in [-0.25, -0.2) is 9.97 Å². The lowest BCUT2D eigenvalue weighted by Crippen LogP contribution is -1.81. The molecule has 2 aromatic heterocycles. The van der Waals surface area contributed by atoms with Gasteiger partial charge in [0.1, 0.15) is 11.0 Å². The Morgan fingerprint density at radius 3 is 1.92 bits per heavy atom. The number of fused-ring (bicyclic) bond motifs is 2. The van der Waals surface area contributed by atoms with Crippen molar-refractivity contribution in [3.63, 3.8) is 0 Å². The van der Waals surface area contributed by atoms with Gasteiger partial charge < -0.3 is 8.83 Å². The number of nitrogens with zero attached hydrogens (tertiary/aromatic N) is 2.